The molecule has 11 heteroatoms. The van der Waals surface area contributed by atoms with Crippen LogP contribution in [-0.4, -0.2) is 26.3 Å². The lowest BCUT2D eigenvalue weighted by Crippen LogP contribution is -2.50. The van der Waals surface area contributed by atoms with Gasteiger partial charge in [0.25, 0.3) is 0 Å². The fraction of sp³-hybridized carbons (Fsp3) is 0.588. The van der Waals surface area contributed by atoms with E-state index in [1.165, 1.54) is 12.1 Å². The van der Waals surface area contributed by atoms with Crippen LogP contribution in [0.3, 0.4) is 0 Å². The fourth-order valence-electron chi connectivity index (χ4n) is 5.45. The molecular formula is C17H16F3N5O2S. The van der Waals surface area contributed by atoms with Crippen molar-refractivity contribution in [1.29, 1.82) is 5.26 Å². The van der Waals surface area contributed by atoms with E-state index in [9.17, 15) is 21.6 Å². The first-order valence-electron chi connectivity index (χ1n) is 8.81. The van der Waals surface area contributed by atoms with Gasteiger partial charge in [-0.05, 0) is 54.8 Å². The zero-order valence-corrected chi connectivity index (χ0v) is 15.4. The standard InChI is InChI=1S/C17H16F3N5O2S/c18-17(19,20)14-6-13(4-2-11(14)7-21)25-8-15-10-1-3-12(5-10)16(15,9-23-24-22)28(25,26)27/h2,4,6,10,12,15H,1,3,5,8-9H2/t10-,12+,15+,16-/m1/s1. The van der Waals surface area contributed by atoms with Gasteiger partial charge >= 0.3 is 6.18 Å². The van der Waals surface area contributed by atoms with Crippen molar-refractivity contribution >= 4 is 15.7 Å². The molecule has 0 amide bonds. The molecule has 0 aromatic heterocycles. The van der Waals surface area contributed by atoms with Gasteiger partial charge in [-0.25, -0.2) is 8.42 Å². The Balaban J connectivity index is 1.83. The molecule has 2 bridgehead atoms. The Kier molecular flexibility index (Phi) is 4.07. The highest BCUT2D eigenvalue weighted by molar-refractivity contribution is 7.94. The summed E-state index contributed by atoms with van der Waals surface area (Å²) in [5.74, 6) is -0.297. The third-order valence-electron chi connectivity index (χ3n) is 6.59. The Morgan fingerprint density at radius 3 is 2.79 bits per heavy atom. The summed E-state index contributed by atoms with van der Waals surface area (Å²) in [5.41, 5.74) is 6.91. The van der Waals surface area contributed by atoms with E-state index in [4.69, 9.17) is 10.8 Å². The summed E-state index contributed by atoms with van der Waals surface area (Å²) >= 11 is 0. The first kappa shape index (κ1) is 18.9. The van der Waals surface area contributed by atoms with Gasteiger partial charge in [0.1, 0.15) is 4.75 Å². The van der Waals surface area contributed by atoms with Gasteiger partial charge in [-0.1, -0.05) is 5.11 Å². The molecule has 0 N–H and O–H groups in total. The molecule has 2 saturated carbocycles. The van der Waals surface area contributed by atoms with Crippen molar-refractivity contribution in [3.8, 4) is 6.07 Å². The maximum absolute atomic E-state index is 13.5. The smallest absolute Gasteiger partial charge is 0.269 e. The van der Waals surface area contributed by atoms with Crippen molar-refractivity contribution in [2.45, 2.75) is 30.2 Å². The Morgan fingerprint density at radius 1 is 1.39 bits per heavy atom. The Labute approximate surface area is 159 Å². The molecule has 1 saturated heterocycles. The van der Waals surface area contributed by atoms with Gasteiger partial charge in [-0.15, -0.1) is 0 Å². The molecule has 2 aliphatic carbocycles. The number of nitriles is 1. The van der Waals surface area contributed by atoms with Crippen molar-refractivity contribution in [2.75, 3.05) is 17.4 Å². The predicted octanol–water partition coefficient (Wildman–Crippen LogP) is 3.82. The maximum atomic E-state index is 13.5. The van der Waals surface area contributed by atoms with E-state index in [-0.39, 0.29) is 36.5 Å². The van der Waals surface area contributed by atoms with Crippen LogP contribution in [0.2, 0.25) is 0 Å². The SMILES string of the molecule is N#Cc1ccc(N2C[C@H]3[C@@H]4CC[C@@H](C4)[C@@]3(CN=[N+]=[N-])S2(=O)=O)cc1C(F)(F)F. The van der Waals surface area contributed by atoms with Crippen molar-refractivity contribution < 1.29 is 21.6 Å². The second kappa shape index (κ2) is 6.03. The van der Waals surface area contributed by atoms with E-state index in [0.29, 0.717) is 6.42 Å². The summed E-state index contributed by atoms with van der Waals surface area (Å²) in [6, 6.07) is 4.45. The van der Waals surface area contributed by atoms with E-state index in [2.05, 4.69) is 10.0 Å². The number of halogens is 3. The van der Waals surface area contributed by atoms with Crippen LogP contribution in [0.4, 0.5) is 18.9 Å². The number of nitrogens with zero attached hydrogens (tertiary/aromatic N) is 5. The number of rotatable bonds is 3. The number of hydrogen-bond donors (Lipinski definition) is 0. The van der Waals surface area contributed by atoms with E-state index >= 15 is 0 Å². The van der Waals surface area contributed by atoms with Crippen molar-refractivity contribution in [1.82, 2.24) is 0 Å². The minimum absolute atomic E-state index is 0.0631. The van der Waals surface area contributed by atoms with Crippen LogP contribution in [0.1, 0.15) is 30.4 Å². The second-order valence-corrected chi connectivity index (χ2v) is 9.75. The molecule has 1 aromatic rings. The number of anilines is 1. The van der Waals surface area contributed by atoms with Gasteiger partial charge in [0, 0.05) is 23.9 Å². The average Bonchev–Trinajstić information content (AvgIpc) is 3.29. The highest BCUT2D eigenvalue weighted by Gasteiger charge is 2.70. The molecule has 1 heterocycles. The fourth-order valence-corrected chi connectivity index (χ4v) is 8.11. The van der Waals surface area contributed by atoms with Gasteiger partial charge in [0.05, 0.1) is 22.9 Å². The number of benzene rings is 1. The Hall–Kier alpha value is -2.44. The first-order chi connectivity index (χ1) is 13.2. The number of fused-ring (bicyclic) bond motifs is 5. The van der Waals surface area contributed by atoms with E-state index in [0.717, 1.165) is 29.3 Å². The van der Waals surface area contributed by atoms with Crippen LogP contribution in [0, 0.1) is 29.1 Å². The lowest BCUT2D eigenvalue weighted by molar-refractivity contribution is -0.137. The van der Waals surface area contributed by atoms with Gasteiger partial charge < -0.3 is 0 Å². The maximum Gasteiger partial charge on any atom is 0.417 e. The molecule has 4 atom stereocenters. The van der Waals surface area contributed by atoms with Gasteiger partial charge in [-0.3, -0.25) is 4.31 Å². The van der Waals surface area contributed by atoms with Crippen LogP contribution >= 0.6 is 0 Å². The lowest BCUT2D eigenvalue weighted by atomic mass is 9.78. The predicted molar refractivity (Wildman–Crippen MR) is 93.5 cm³/mol. The molecule has 0 unspecified atom stereocenters. The zero-order valence-electron chi connectivity index (χ0n) is 14.6. The van der Waals surface area contributed by atoms with Crippen LogP contribution in [0.15, 0.2) is 23.3 Å². The Morgan fingerprint density at radius 2 is 2.14 bits per heavy atom. The third kappa shape index (κ3) is 2.34. The van der Waals surface area contributed by atoms with E-state index in [1.54, 1.807) is 0 Å². The van der Waals surface area contributed by atoms with E-state index in [1.807, 2.05) is 0 Å². The lowest BCUT2D eigenvalue weighted by Gasteiger charge is -2.35. The quantitative estimate of drug-likeness (QED) is 0.428. The number of azide groups is 1. The molecule has 0 radical (unpaired) electrons. The second-order valence-electron chi connectivity index (χ2n) is 7.60. The molecular weight excluding hydrogens is 395 g/mol. The minimum atomic E-state index is -4.78. The Bertz CT molecular complexity index is 1030. The molecule has 1 aliphatic heterocycles. The molecule has 3 aliphatic rings. The summed E-state index contributed by atoms with van der Waals surface area (Å²) in [4.78, 5) is 2.73. The molecule has 28 heavy (non-hydrogen) atoms. The molecule has 0 spiro atoms. The minimum Gasteiger partial charge on any atom is -0.269 e. The monoisotopic (exact) mass is 411 g/mol. The highest BCUT2D eigenvalue weighted by atomic mass is 32.2. The molecule has 1 aromatic carbocycles. The molecule has 3 fully saturated rings. The summed E-state index contributed by atoms with van der Waals surface area (Å²) in [5, 5.41) is 12.5. The number of sulfonamides is 1. The van der Waals surface area contributed by atoms with Gasteiger partial charge in [-0.2, -0.15) is 18.4 Å². The molecule has 7 nitrogen and oxygen atoms in total. The van der Waals surface area contributed by atoms with Crippen LogP contribution in [0.5, 0.6) is 0 Å². The summed E-state index contributed by atoms with van der Waals surface area (Å²) < 4.78 is 66.8. The average molecular weight is 411 g/mol. The van der Waals surface area contributed by atoms with Crippen LogP contribution in [-0.2, 0) is 16.2 Å². The summed E-state index contributed by atoms with van der Waals surface area (Å²) in [7, 11) is -4.05. The van der Waals surface area contributed by atoms with E-state index < -0.39 is 32.1 Å². The summed E-state index contributed by atoms with van der Waals surface area (Å²) in [6.45, 7) is -0.149. The topological polar surface area (TPSA) is 110 Å². The largest absolute Gasteiger partial charge is 0.417 e. The van der Waals surface area contributed by atoms with Gasteiger partial charge in [0.15, 0.2) is 0 Å². The number of alkyl halides is 3. The van der Waals surface area contributed by atoms with Crippen LogP contribution in [0.25, 0.3) is 10.4 Å². The third-order valence-corrected chi connectivity index (χ3v) is 9.26. The molecule has 148 valence electrons. The van der Waals surface area contributed by atoms with Crippen molar-refractivity contribution in [3.05, 3.63) is 39.8 Å². The number of hydrogen-bond acceptors (Lipinski definition) is 4. The van der Waals surface area contributed by atoms with Crippen molar-refractivity contribution in [3.63, 3.8) is 0 Å². The first-order valence-corrected chi connectivity index (χ1v) is 10.3. The van der Waals surface area contributed by atoms with Crippen molar-refractivity contribution in [2.24, 2.45) is 22.9 Å². The zero-order chi connectivity index (χ0) is 20.3. The van der Waals surface area contributed by atoms with Crippen LogP contribution < -0.4 is 4.31 Å². The summed E-state index contributed by atoms with van der Waals surface area (Å²) in [6.07, 6.45) is -2.46. The highest BCUT2D eigenvalue weighted by Crippen LogP contribution is 2.62. The molecule has 4 rings (SSSR count). The normalized spacial score (nSPS) is 32.6. The van der Waals surface area contributed by atoms with Gasteiger partial charge in [0.2, 0.25) is 10.0 Å².